The van der Waals surface area contributed by atoms with E-state index in [0.717, 1.165) is 66.6 Å². The van der Waals surface area contributed by atoms with Crippen LogP contribution in [0.25, 0.3) is 93.5 Å². The second-order valence-electron chi connectivity index (χ2n) is 15.7. The highest BCUT2D eigenvalue weighted by molar-refractivity contribution is 6.09. The lowest BCUT2D eigenvalue weighted by Crippen LogP contribution is -2.09. The predicted molar refractivity (Wildman–Crippen MR) is 274 cm³/mol. The maximum Gasteiger partial charge on any atom is 0.131 e. The first-order chi connectivity index (χ1) is 37.5. The van der Waals surface area contributed by atoms with Crippen LogP contribution in [0.1, 0.15) is 17.8 Å². The van der Waals surface area contributed by atoms with Crippen molar-refractivity contribution in [2.75, 3.05) is 4.90 Å². The molecule has 0 fully saturated rings. The molecule has 12 aromatic rings. The van der Waals surface area contributed by atoms with Crippen LogP contribution in [0.2, 0.25) is 0 Å². The molecule has 0 radical (unpaired) electrons. The third kappa shape index (κ3) is 6.87. The summed E-state index contributed by atoms with van der Waals surface area (Å²) in [7, 11) is 0. The fraction of sp³-hybridized carbons (Fsp3) is 0. The first kappa shape index (κ1) is 26.7. The smallest absolute Gasteiger partial charge is 0.131 e. The molecule has 0 aliphatic carbocycles. The third-order valence-corrected chi connectivity index (χ3v) is 11.9. The number of aromatic hydroxyl groups is 1. The van der Waals surface area contributed by atoms with Crippen LogP contribution in [0, 0.1) is 0 Å². The summed E-state index contributed by atoms with van der Waals surface area (Å²) in [6.07, 6.45) is 0. The monoisotopic (exact) mass is 843 g/mol. The zero-order chi connectivity index (χ0) is 54.6. The molecule has 0 bridgehead atoms. The fourth-order valence-electron chi connectivity index (χ4n) is 8.70. The number of hydrogen-bond acceptors (Lipinski definition) is 2. The number of benzene rings is 11. The molecule has 0 atom stereocenters. The van der Waals surface area contributed by atoms with E-state index in [2.05, 4.69) is 47.0 Å². The maximum absolute atomic E-state index is 12.2. The van der Waals surface area contributed by atoms with Crippen LogP contribution in [-0.4, -0.2) is 9.67 Å². The molecule has 0 aliphatic heterocycles. The van der Waals surface area contributed by atoms with Crippen LogP contribution < -0.4 is 4.90 Å². The van der Waals surface area contributed by atoms with Gasteiger partial charge in [0.2, 0.25) is 0 Å². The van der Waals surface area contributed by atoms with Gasteiger partial charge in [-0.05, 0) is 128 Å². The van der Waals surface area contributed by atoms with Crippen LogP contribution >= 0.6 is 0 Å². The molecule has 0 saturated carbocycles. The zero-order valence-corrected chi connectivity index (χ0v) is 34.5. The van der Waals surface area contributed by atoms with Crippen LogP contribution in [0.3, 0.4) is 0 Å². The minimum absolute atomic E-state index is 0.168. The molecule has 0 amide bonds. The summed E-state index contributed by atoms with van der Waals surface area (Å²) in [4.78, 5) is 1.61. The first-order valence-corrected chi connectivity index (χ1v) is 21.1. The van der Waals surface area contributed by atoms with Crippen LogP contribution in [-0.2, 0) is 0 Å². The van der Waals surface area contributed by atoms with Gasteiger partial charge in [-0.3, -0.25) is 0 Å². The van der Waals surface area contributed by atoms with Crippen molar-refractivity contribution in [3.05, 3.63) is 248 Å². The summed E-state index contributed by atoms with van der Waals surface area (Å²) in [5, 5.41) is 16.2. The number of phenolic OH excluding ortho intramolecular Hbond substituents is 1. The van der Waals surface area contributed by atoms with Crippen molar-refractivity contribution < 1.29 is 22.9 Å². The lowest BCUT2D eigenvalue weighted by molar-refractivity contribution is 0.479. The predicted octanol–water partition coefficient (Wildman–Crippen LogP) is 16.9. The van der Waals surface area contributed by atoms with Crippen LogP contribution in [0.4, 0.5) is 17.1 Å². The molecule has 3 nitrogen and oxygen atoms in total. The molecular weight excluding hydrogens is 789 g/mol. The number of hydrogen-bond donors (Lipinski definition) is 1. The van der Waals surface area contributed by atoms with E-state index in [-0.39, 0.29) is 22.0 Å². The van der Waals surface area contributed by atoms with Gasteiger partial charge in [-0.2, -0.15) is 0 Å². The molecule has 11 aromatic carbocycles. The van der Waals surface area contributed by atoms with E-state index in [1.54, 1.807) is 4.90 Å². The minimum atomic E-state index is -0.943. The standard InChI is InChI=1S/C62H42N2O/c65-62-56(19-10-20-57(62)51-26-24-43-12-2-4-14-48(43)40-51)46-31-37-54(38-32-46)63(53-35-29-45(30-36-53)50-25-23-42-11-1-3-13-47(42)39-50)52-33-27-44(28-34-52)49-15-9-16-55(41-49)64-60-21-7-5-17-58(60)59-18-6-8-22-61(59)64/h1-41,65H/i2D,4D,10D,12D,14D,19D,20D,24D,26D,31D,32D,37D,38D. The summed E-state index contributed by atoms with van der Waals surface area (Å²) >= 11 is 0. The molecule has 1 heterocycles. The van der Waals surface area contributed by atoms with E-state index in [0.29, 0.717) is 11.4 Å². The summed E-state index contributed by atoms with van der Waals surface area (Å²) in [6.45, 7) is 0. The molecule has 0 saturated heterocycles. The van der Waals surface area contributed by atoms with Crippen molar-refractivity contribution in [3.8, 4) is 55.9 Å². The number of para-hydroxylation sites is 3. The van der Waals surface area contributed by atoms with Crippen molar-refractivity contribution >= 4 is 60.4 Å². The molecule has 0 spiro atoms. The van der Waals surface area contributed by atoms with Gasteiger partial charge in [0, 0.05) is 44.6 Å². The quantitative estimate of drug-likeness (QED) is 0.165. The van der Waals surface area contributed by atoms with Gasteiger partial charge in [0.15, 0.2) is 0 Å². The number of phenols is 1. The molecular formula is C62H42N2O. The summed E-state index contributed by atoms with van der Waals surface area (Å²) in [5.41, 5.74) is 5.39. The van der Waals surface area contributed by atoms with E-state index in [1.165, 1.54) is 0 Å². The second kappa shape index (κ2) is 15.9. The van der Waals surface area contributed by atoms with Crippen molar-refractivity contribution in [2.45, 2.75) is 0 Å². The van der Waals surface area contributed by atoms with Gasteiger partial charge in [0.1, 0.15) is 5.75 Å². The van der Waals surface area contributed by atoms with E-state index in [1.807, 2.05) is 121 Å². The Kier molecular flexibility index (Phi) is 6.54. The molecule has 65 heavy (non-hydrogen) atoms. The van der Waals surface area contributed by atoms with E-state index in [9.17, 15) is 10.6 Å². The summed E-state index contributed by atoms with van der Waals surface area (Å²) in [5.74, 6) is -0.943. The third-order valence-electron chi connectivity index (χ3n) is 11.9. The van der Waals surface area contributed by atoms with Gasteiger partial charge >= 0.3 is 0 Å². The molecule has 1 N–H and O–H groups in total. The van der Waals surface area contributed by atoms with E-state index in [4.69, 9.17) is 12.3 Å². The molecule has 306 valence electrons. The largest absolute Gasteiger partial charge is 0.507 e. The molecule has 0 aliphatic rings. The normalized spacial score (nSPS) is 14.2. The molecule has 1 aromatic heterocycles. The number of fused-ring (bicyclic) bond motifs is 5. The average molecular weight is 844 g/mol. The Hall–Kier alpha value is -8.66. The lowest BCUT2D eigenvalue weighted by atomic mass is 9.95. The molecule has 12 rings (SSSR count). The van der Waals surface area contributed by atoms with Gasteiger partial charge in [-0.25, -0.2) is 0 Å². The Labute approximate surface area is 396 Å². The Morgan fingerprint density at radius 2 is 0.908 bits per heavy atom. The van der Waals surface area contributed by atoms with Gasteiger partial charge < -0.3 is 14.6 Å². The zero-order valence-electron chi connectivity index (χ0n) is 47.5. The minimum Gasteiger partial charge on any atom is -0.507 e. The SMILES string of the molecule is [2H]c1c([2H])c(-c2cc3c([2H])c([2H])c([2H])c([2H])c3c([2H])c2[2H])c(O)c(-c2c([2H])c([2H])c(N(c3ccc(-c4cccc(-n5c6ccccc6c6ccccc65)c4)cc3)c3ccc(-c4ccc5ccccc5c4)cc3)c([2H])c2[2H])c1[2H]. The van der Waals surface area contributed by atoms with Crippen LogP contribution in [0.15, 0.2) is 248 Å². The fourth-order valence-corrected chi connectivity index (χ4v) is 8.70. The van der Waals surface area contributed by atoms with E-state index < -0.39 is 101 Å². The number of nitrogens with zero attached hydrogens (tertiary/aromatic N) is 2. The van der Waals surface area contributed by atoms with Crippen molar-refractivity contribution in [1.82, 2.24) is 4.57 Å². The Morgan fingerprint density at radius 3 is 1.60 bits per heavy atom. The van der Waals surface area contributed by atoms with Crippen molar-refractivity contribution in [3.63, 3.8) is 0 Å². The number of anilines is 3. The van der Waals surface area contributed by atoms with Crippen molar-refractivity contribution in [2.24, 2.45) is 0 Å². The number of aromatic nitrogens is 1. The summed E-state index contributed by atoms with van der Waals surface area (Å²) < 4.78 is 119. The molecule has 0 unspecified atom stereocenters. The maximum atomic E-state index is 12.2. The molecule has 3 heteroatoms. The second-order valence-corrected chi connectivity index (χ2v) is 15.7. The van der Waals surface area contributed by atoms with Gasteiger partial charge in [0.05, 0.1) is 28.9 Å². The Morgan fingerprint density at radius 1 is 0.354 bits per heavy atom. The highest BCUT2D eigenvalue weighted by atomic mass is 16.3. The highest BCUT2D eigenvalue weighted by Crippen LogP contribution is 2.42. The Balaban J connectivity index is 1.01. The lowest BCUT2D eigenvalue weighted by Gasteiger charge is -2.26. The van der Waals surface area contributed by atoms with Crippen molar-refractivity contribution in [1.29, 1.82) is 0 Å². The topological polar surface area (TPSA) is 28.4 Å². The van der Waals surface area contributed by atoms with Crippen LogP contribution in [0.5, 0.6) is 5.75 Å². The summed E-state index contributed by atoms with van der Waals surface area (Å²) in [6, 6.07) is 46.6. The first-order valence-electron chi connectivity index (χ1n) is 27.6. The number of rotatable bonds is 8. The Bertz CT molecular complexity index is 4420. The average Bonchev–Trinajstić information content (AvgIpc) is 3.97. The van der Waals surface area contributed by atoms with Gasteiger partial charge in [-0.15, -0.1) is 0 Å². The van der Waals surface area contributed by atoms with Gasteiger partial charge in [-0.1, -0.05) is 176 Å². The van der Waals surface area contributed by atoms with E-state index >= 15 is 0 Å². The highest BCUT2D eigenvalue weighted by Gasteiger charge is 2.17. The van der Waals surface area contributed by atoms with Gasteiger partial charge in [0.25, 0.3) is 0 Å².